The van der Waals surface area contributed by atoms with Gasteiger partial charge in [-0.25, -0.2) is 0 Å². The molecule has 2 atom stereocenters. The van der Waals surface area contributed by atoms with Gasteiger partial charge in [0.05, 0.1) is 43.4 Å². The van der Waals surface area contributed by atoms with Crippen molar-refractivity contribution in [3.8, 4) is 0 Å². The molecule has 0 unspecified atom stereocenters. The van der Waals surface area contributed by atoms with E-state index in [1.54, 1.807) is 30.3 Å². The Morgan fingerprint density at radius 3 is 2.18 bits per heavy atom. The highest BCUT2D eigenvalue weighted by molar-refractivity contribution is 14.1. The number of aliphatic hydroxyl groups excluding tert-OH is 1. The summed E-state index contributed by atoms with van der Waals surface area (Å²) in [5.74, 6) is -1.10. The first-order valence-corrected chi connectivity index (χ1v) is 17.3. The van der Waals surface area contributed by atoms with Gasteiger partial charge in [-0.2, -0.15) is 26.3 Å². The number of nitrogens with zero attached hydrogens (tertiary/aromatic N) is 2. The monoisotopic (exact) mass is 821 g/mol. The Morgan fingerprint density at radius 1 is 0.980 bits per heavy atom. The third kappa shape index (κ3) is 8.72. The number of nitrogens with one attached hydrogen (secondary N) is 1. The van der Waals surface area contributed by atoms with Crippen molar-refractivity contribution in [2.75, 3.05) is 39.4 Å². The topological polar surface area (TPSA) is 82.1 Å². The summed E-state index contributed by atoms with van der Waals surface area (Å²) < 4.78 is 87.2. The van der Waals surface area contributed by atoms with Gasteiger partial charge in [-0.3, -0.25) is 14.5 Å². The Labute approximate surface area is 297 Å². The highest BCUT2D eigenvalue weighted by atomic mass is 127. The number of likely N-dealkylation sites (tertiary alicyclic amines) is 1. The van der Waals surface area contributed by atoms with Crippen LogP contribution >= 0.6 is 34.4 Å². The second kappa shape index (κ2) is 15.2. The second-order valence-electron chi connectivity index (χ2n) is 12.0. The van der Waals surface area contributed by atoms with Gasteiger partial charge in [0.1, 0.15) is 4.75 Å². The molecule has 0 aromatic heterocycles. The van der Waals surface area contributed by atoms with Crippen molar-refractivity contribution in [2.45, 2.75) is 54.5 Å². The number of morpholine rings is 1. The summed E-state index contributed by atoms with van der Waals surface area (Å²) in [6.07, 6.45) is -10.5. The van der Waals surface area contributed by atoms with Crippen LogP contribution in [-0.2, 0) is 39.8 Å². The quantitative estimate of drug-likeness (QED) is 0.178. The van der Waals surface area contributed by atoms with E-state index in [-0.39, 0.29) is 31.2 Å². The van der Waals surface area contributed by atoms with E-state index in [0.29, 0.717) is 64.6 Å². The van der Waals surface area contributed by atoms with Crippen molar-refractivity contribution >= 4 is 46.2 Å². The molecule has 264 valence electrons. The number of carbonyl (C=O) groups excluding carboxylic acids is 2. The zero-order valence-corrected chi connectivity index (χ0v) is 29.3. The number of amides is 2. The Morgan fingerprint density at radius 2 is 1.61 bits per heavy atom. The van der Waals surface area contributed by atoms with Gasteiger partial charge >= 0.3 is 12.4 Å². The summed E-state index contributed by atoms with van der Waals surface area (Å²) in [5.41, 5.74) is -1.41. The number of halogens is 7. The summed E-state index contributed by atoms with van der Waals surface area (Å²) >= 11 is 3.14. The Balaban J connectivity index is 1.62. The lowest BCUT2D eigenvalue weighted by Crippen LogP contribution is -2.50. The number of carbonyl (C=O) groups is 2. The molecule has 2 amide bonds. The lowest BCUT2D eigenvalue weighted by Gasteiger charge is -2.37. The number of ether oxygens (including phenoxy) is 1. The van der Waals surface area contributed by atoms with Crippen LogP contribution in [0.15, 0.2) is 65.6 Å². The van der Waals surface area contributed by atoms with Crippen LogP contribution in [0.1, 0.15) is 45.8 Å². The maximum absolute atomic E-state index is 14.5. The standard InChI is InChI=1S/C34H34F6IN3O4S/c1-21-2-5-26(6-3-21)49-32(31(47)42-8-9-43-10-12-48-13-11-43)18-29(46)44(30(32)27-7-4-22(20-45)16-28(27)41)19-23-14-24(33(35,36)37)17-25(15-23)34(38,39)40/h2-7,14-17,30,45H,8-13,18-20H2,1H3,(H,42,47)/t30-,32-/m1/s1. The van der Waals surface area contributed by atoms with Gasteiger partial charge in [0.2, 0.25) is 11.8 Å². The summed E-state index contributed by atoms with van der Waals surface area (Å²) in [6.45, 7) is 4.20. The van der Waals surface area contributed by atoms with Crippen molar-refractivity contribution in [1.82, 2.24) is 15.1 Å². The first-order valence-electron chi connectivity index (χ1n) is 15.4. The molecule has 2 fully saturated rings. The molecule has 5 rings (SSSR count). The minimum Gasteiger partial charge on any atom is -0.392 e. The molecule has 2 N–H and O–H groups in total. The fourth-order valence-corrected chi connectivity index (χ4v) is 8.37. The zero-order chi connectivity index (χ0) is 35.6. The third-order valence-corrected chi connectivity index (χ3v) is 10.9. The van der Waals surface area contributed by atoms with Gasteiger partial charge in [-0.05, 0) is 82.6 Å². The van der Waals surface area contributed by atoms with E-state index < -0.39 is 52.6 Å². The predicted octanol–water partition coefficient (Wildman–Crippen LogP) is 6.58. The molecule has 0 spiro atoms. The van der Waals surface area contributed by atoms with E-state index in [4.69, 9.17) is 4.74 Å². The second-order valence-corrected chi connectivity index (χ2v) is 14.6. The zero-order valence-electron chi connectivity index (χ0n) is 26.3. The SMILES string of the molecule is Cc1ccc(S[C@]2(C(=O)NCCN3CCOCC3)CC(=O)N(Cc3cc(C(F)(F)F)cc(C(F)(F)F)c3)[C@@H]2c2ccc(CO)cc2I)cc1. The van der Waals surface area contributed by atoms with Crippen molar-refractivity contribution in [1.29, 1.82) is 0 Å². The lowest BCUT2D eigenvalue weighted by atomic mass is 9.90. The molecule has 7 nitrogen and oxygen atoms in total. The van der Waals surface area contributed by atoms with Gasteiger partial charge in [0.15, 0.2) is 0 Å². The van der Waals surface area contributed by atoms with Gasteiger partial charge in [0.25, 0.3) is 0 Å². The van der Waals surface area contributed by atoms with Crippen LogP contribution in [0.3, 0.4) is 0 Å². The van der Waals surface area contributed by atoms with Crippen LogP contribution < -0.4 is 5.32 Å². The number of aryl methyl sites for hydroxylation is 1. The van der Waals surface area contributed by atoms with Crippen LogP contribution in [0, 0.1) is 10.5 Å². The lowest BCUT2D eigenvalue weighted by molar-refractivity contribution is -0.143. The number of alkyl halides is 6. The smallest absolute Gasteiger partial charge is 0.392 e. The highest BCUT2D eigenvalue weighted by Crippen LogP contribution is 2.54. The fourth-order valence-electron chi connectivity index (χ4n) is 6.08. The molecule has 0 bridgehead atoms. The molecule has 15 heteroatoms. The number of thioether (sulfide) groups is 1. The molecule has 2 aliphatic rings. The van der Waals surface area contributed by atoms with Crippen LogP contribution in [-0.4, -0.2) is 70.9 Å². The normalized spacial score (nSPS) is 20.6. The third-order valence-electron chi connectivity index (χ3n) is 8.55. The molecule has 3 aromatic rings. The van der Waals surface area contributed by atoms with Gasteiger partial charge in [0, 0.05) is 41.2 Å². The summed E-state index contributed by atoms with van der Waals surface area (Å²) in [6, 6.07) is 12.4. The van der Waals surface area contributed by atoms with Gasteiger partial charge < -0.3 is 20.1 Å². The minimum atomic E-state index is -5.08. The number of rotatable bonds is 10. The summed E-state index contributed by atoms with van der Waals surface area (Å²) in [7, 11) is 0. The number of benzene rings is 3. The summed E-state index contributed by atoms with van der Waals surface area (Å²) in [5, 5.41) is 12.8. The maximum atomic E-state index is 14.5. The van der Waals surface area contributed by atoms with E-state index in [0.717, 1.165) is 17.3 Å². The number of hydrogen-bond donors (Lipinski definition) is 2. The average Bonchev–Trinajstić information content (AvgIpc) is 3.32. The van der Waals surface area contributed by atoms with E-state index in [9.17, 15) is 41.0 Å². The Bertz CT molecular complexity index is 1630. The molecular weight excluding hydrogens is 787 g/mol. The van der Waals surface area contributed by atoms with Crippen molar-refractivity contribution in [2.24, 2.45) is 0 Å². The fraction of sp³-hybridized carbons (Fsp3) is 0.412. The first-order chi connectivity index (χ1) is 23.1. The van der Waals surface area contributed by atoms with E-state index in [1.807, 2.05) is 41.6 Å². The van der Waals surface area contributed by atoms with Crippen LogP contribution in [0.25, 0.3) is 0 Å². The maximum Gasteiger partial charge on any atom is 0.416 e. The molecule has 49 heavy (non-hydrogen) atoms. The molecule has 0 aliphatic carbocycles. The van der Waals surface area contributed by atoms with Crippen LogP contribution in [0.2, 0.25) is 0 Å². The van der Waals surface area contributed by atoms with Crippen molar-refractivity contribution in [3.05, 3.63) is 97.6 Å². The minimum absolute atomic E-state index is 0.0444. The molecule has 0 radical (unpaired) electrons. The van der Waals surface area contributed by atoms with Gasteiger partial charge in [-0.15, -0.1) is 11.8 Å². The molecule has 3 aromatic carbocycles. The molecule has 2 heterocycles. The Kier molecular flexibility index (Phi) is 11.6. The van der Waals surface area contributed by atoms with E-state index in [1.165, 1.54) is 4.90 Å². The average molecular weight is 822 g/mol. The largest absolute Gasteiger partial charge is 0.416 e. The van der Waals surface area contributed by atoms with Crippen molar-refractivity contribution in [3.63, 3.8) is 0 Å². The van der Waals surface area contributed by atoms with Crippen LogP contribution in [0.5, 0.6) is 0 Å². The molecule has 0 saturated carbocycles. The molecule has 2 aliphatic heterocycles. The van der Waals surface area contributed by atoms with Gasteiger partial charge in [-0.1, -0.05) is 29.8 Å². The van der Waals surface area contributed by atoms with E-state index >= 15 is 0 Å². The van der Waals surface area contributed by atoms with Crippen LogP contribution in [0.4, 0.5) is 26.3 Å². The first kappa shape index (κ1) is 37.4. The summed E-state index contributed by atoms with van der Waals surface area (Å²) in [4.78, 5) is 32.6. The Hall–Kier alpha value is -2.86. The number of aliphatic hydroxyl groups is 1. The predicted molar refractivity (Wildman–Crippen MR) is 179 cm³/mol. The van der Waals surface area contributed by atoms with E-state index in [2.05, 4.69) is 10.2 Å². The molecular formula is C34H34F6IN3O4S. The molecule has 2 saturated heterocycles. The highest BCUT2D eigenvalue weighted by Gasteiger charge is 2.58. The number of hydrogen-bond acceptors (Lipinski definition) is 6. The van der Waals surface area contributed by atoms with Crippen molar-refractivity contribution < 1.29 is 45.8 Å².